The van der Waals surface area contributed by atoms with Crippen LogP contribution >= 0.6 is 11.8 Å². The summed E-state index contributed by atoms with van der Waals surface area (Å²) in [6, 6.07) is 3.76. The van der Waals surface area contributed by atoms with E-state index < -0.39 is 0 Å². The molecule has 0 amide bonds. The van der Waals surface area contributed by atoms with Crippen molar-refractivity contribution in [3.63, 3.8) is 0 Å². The lowest BCUT2D eigenvalue weighted by Crippen LogP contribution is -1.68. The fourth-order valence-corrected chi connectivity index (χ4v) is 0.897. The van der Waals surface area contributed by atoms with Gasteiger partial charge in [-0.2, -0.15) is 0 Å². The Morgan fingerprint density at radius 3 is 3.22 bits per heavy atom. The van der Waals surface area contributed by atoms with Crippen molar-refractivity contribution < 1.29 is 4.42 Å². The molecule has 0 fully saturated rings. The first-order valence-electron chi connectivity index (χ1n) is 2.53. The summed E-state index contributed by atoms with van der Waals surface area (Å²) < 4.78 is 5.02. The van der Waals surface area contributed by atoms with E-state index in [1.165, 1.54) is 11.8 Å². The Balaban J connectivity index is 2.41. The minimum Gasteiger partial charge on any atom is -0.468 e. The Bertz CT molecular complexity index is 195. The topological polar surface area (TPSA) is 13.1 Å². The first kappa shape index (κ1) is 6.31. The van der Waals surface area contributed by atoms with E-state index in [0.29, 0.717) is 0 Å². The number of thioether (sulfide) groups is 1. The van der Waals surface area contributed by atoms with Gasteiger partial charge in [0.1, 0.15) is 5.76 Å². The molecule has 1 rings (SSSR count). The molecule has 0 N–H and O–H groups in total. The molecule has 0 aliphatic carbocycles. The second kappa shape index (κ2) is 3.26. The number of terminal acetylenes is 1. The molecule has 0 spiro atoms. The van der Waals surface area contributed by atoms with Crippen molar-refractivity contribution in [2.45, 2.75) is 5.75 Å². The molecule has 0 radical (unpaired) electrons. The van der Waals surface area contributed by atoms with Crippen LogP contribution in [0.2, 0.25) is 0 Å². The van der Waals surface area contributed by atoms with Gasteiger partial charge in [0.25, 0.3) is 0 Å². The summed E-state index contributed by atoms with van der Waals surface area (Å²) in [6.07, 6.45) is 6.66. The first-order chi connectivity index (χ1) is 4.43. The molecule has 1 aromatic heterocycles. The monoisotopic (exact) mass is 138 g/mol. The Labute approximate surface area is 58.4 Å². The van der Waals surface area contributed by atoms with Crippen LogP contribution in [0.1, 0.15) is 5.76 Å². The van der Waals surface area contributed by atoms with Crippen LogP contribution in [0.3, 0.4) is 0 Å². The van der Waals surface area contributed by atoms with Crippen LogP contribution in [0.15, 0.2) is 22.8 Å². The SMILES string of the molecule is C#CSCc1ccco1. The van der Waals surface area contributed by atoms with Crippen molar-refractivity contribution in [2.24, 2.45) is 0 Å². The van der Waals surface area contributed by atoms with Crippen molar-refractivity contribution in [2.75, 3.05) is 0 Å². The maximum atomic E-state index is 5.02. The van der Waals surface area contributed by atoms with Crippen molar-refractivity contribution in [1.29, 1.82) is 0 Å². The third-order valence-corrected chi connectivity index (χ3v) is 1.47. The lowest BCUT2D eigenvalue weighted by Gasteiger charge is -1.85. The van der Waals surface area contributed by atoms with E-state index in [4.69, 9.17) is 10.8 Å². The highest BCUT2D eigenvalue weighted by Crippen LogP contribution is 2.09. The van der Waals surface area contributed by atoms with E-state index in [9.17, 15) is 0 Å². The molecule has 0 unspecified atom stereocenters. The van der Waals surface area contributed by atoms with E-state index in [-0.39, 0.29) is 0 Å². The molecule has 0 aliphatic rings. The number of hydrogen-bond donors (Lipinski definition) is 0. The molecular weight excluding hydrogens is 132 g/mol. The fourth-order valence-electron chi connectivity index (χ4n) is 0.508. The Morgan fingerprint density at radius 2 is 2.67 bits per heavy atom. The van der Waals surface area contributed by atoms with Crippen molar-refractivity contribution in [3.05, 3.63) is 24.2 Å². The largest absolute Gasteiger partial charge is 0.468 e. The summed E-state index contributed by atoms with van der Waals surface area (Å²) in [6.45, 7) is 0. The summed E-state index contributed by atoms with van der Waals surface area (Å²) in [5.41, 5.74) is 0. The van der Waals surface area contributed by atoms with Gasteiger partial charge in [0, 0.05) is 0 Å². The molecule has 0 saturated carbocycles. The summed E-state index contributed by atoms with van der Waals surface area (Å²) >= 11 is 1.40. The van der Waals surface area contributed by atoms with Crippen LogP contribution in [-0.2, 0) is 5.75 Å². The van der Waals surface area contributed by atoms with Gasteiger partial charge < -0.3 is 4.42 Å². The van der Waals surface area contributed by atoms with Crippen LogP contribution < -0.4 is 0 Å². The van der Waals surface area contributed by atoms with Crippen molar-refractivity contribution in [1.82, 2.24) is 0 Å². The normalized spacial score (nSPS) is 8.78. The second-order valence-electron chi connectivity index (χ2n) is 1.49. The maximum Gasteiger partial charge on any atom is 0.114 e. The summed E-state index contributed by atoms with van der Waals surface area (Å²) in [7, 11) is 0. The zero-order chi connectivity index (χ0) is 6.53. The molecule has 0 bridgehead atoms. The summed E-state index contributed by atoms with van der Waals surface area (Å²) in [5.74, 6) is 1.70. The van der Waals surface area contributed by atoms with Crippen LogP contribution in [0.4, 0.5) is 0 Å². The fraction of sp³-hybridized carbons (Fsp3) is 0.143. The second-order valence-corrected chi connectivity index (χ2v) is 2.30. The van der Waals surface area contributed by atoms with E-state index in [0.717, 1.165) is 11.5 Å². The van der Waals surface area contributed by atoms with Crippen LogP contribution in [0.25, 0.3) is 0 Å². The van der Waals surface area contributed by atoms with Gasteiger partial charge in [0.15, 0.2) is 0 Å². The van der Waals surface area contributed by atoms with Gasteiger partial charge in [0.05, 0.1) is 12.0 Å². The molecule has 9 heavy (non-hydrogen) atoms. The molecule has 2 heteroatoms. The number of hydrogen-bond acceptors (Lipinski definition) is 2. The lowest BCUT2D eigenvalue weighted by molar-refractivity contribution is 0.530. The molecule has 0 atom stereocenters. The Kier molecular flexibility index (Phi) is 2.29. The van der Waals surface area contributed by atoms with Crippen LogP contribution in [0, 0.1) is 11.7 Å². The first-order valence-corrected chi connectivity index (χ1v) is 3.52. The minimum atomic E-state index is 0.767. The molecule has 1 nitrogen and oxygen atoms in total. The van der Waals surface area contributed by atoms with Crippen molar-refractivity contribution in [3.8, 4) is 11.7 Å². The van der Waals surface area contributed by atoms with E-state index >= 15 is 0 Å². The molecule has 46 valence electrons. The van der Waals surface area contributed by atoms with Crippen LogP contribution in [0.5, 0.6) is 0 Å². The smallest absolute Gasteiger partial charge is 0.114 e. The Morgan fingerprint density at radius 1 is 1.78 bits per heavy atom. The van der Waals surface area contributed by atoms with Gasteiger partial charge in [-0.1, -0.05) is 11.8 Å². The standard InChI is InChI=1S/C7H6OS/c1-2-9-6-7-4-3-5-8-7/h1,3-5H,6H2. The van der Waals surface area contributed by atoms with Gasteiger partial charge >= 0.3 is 0 Å². The van der Waals surface area contributed by atoms with Gasteiger partial charge in [-0.05, 0) is 17.4 Å². The predicted octanol–water partition coefficient (Wildman–Crippen LogP) is 2.10. The zero-order valence-electron chi connectivity index (χ0n) is 4.83. The molecule has 0 saturated heterocycles. The quantitative estimate of drug-likeness (QED) is 0.580. The van der Waals surface area contributed by atoms with Crippen molar-refractivity contribution >= 4 is 11.8 Å². The predicted molar refractivity (Wildman–Crippen MR) is 38.8 cm³/mol. The van der Waals surface area contributed by atoms with Gasteiger partial charge in [-0.15, -0.1) is 6.42 Å². The van der Waals surface area contributed by atoms with Gasteiger partial charge in [-0.25, -0.2) is 0 Å². The lowest BCUT2D eigenvalue weighted by atomic mass is 10.5. The third-order valence-electron chi connectivity index (χ3n) is 0.878. The van der Waals surface area contributed by atoms with E-state index in [1.807, 2.05) is 12.1 Å². The number of rotatable bonds is 2. The van der Waals surface area contributed by atoms with Gasteiger partial charge in [0.2, 0.25) is 0 Å². The van der Waals surface area contributed by atoms with E-state index in [1.54, 1.807) is 6.26 Å². The molecule has 1 heterocycles. The Hall–Kier alpha value is -0.810. The third kappa shape index (κ3) is 1.87. The maximum absolute atomic E-state index is 5.02. The van der Waals surface area contributed by atoms with E-state index in [2.05, 4.69) is 5.25 Å². The molecular formula is C7H6OS. The highest BCUT2D eigenvalue weighted by molar-refractivity contribution is 8.03. The van der Waals surface area contributed by atoms with Gasteiger partial charge in [-0.3, -0.25) is 0 Å². The molecule has 0 aromatic carbocycles. The average Bonchev–Trinajstić information content (AvgIpc) is 2.34. The molecule has 0 aliphatic heterocycles. The minimum absolute atomic E-state index is 0.767. The zero-order valence-corrected chi connectivity index (χ0v) is 5.65. The summed E-state index contributed by atoms with van der Waals surface area (Å²) in [5, 5.41) is 2.46. The highest BCUT2D eigenvalue weighted by atomic mass is 32.2. The highest BCUT2D eigenvalue weighted by Gasteiger charge is 1.91. The average molecular weight is 138 g/mol. The number of furan rings is 1. The van der Waals surface area contributed by atoms with Crippen LogP contribution in [-0.4, -0.2) is 0 Å². The summed E-state index contributed by atoms with van der Waals surface area (Å²) in [4.78, 5) is 0. The molecule has 1 aromatic rings.